The molecule has 0 amide bonds. The lowest BCUT2D eigenvalue weighted by Crippen LogP contribution is -2.06. The first-order valence-corrected chi connectivity index (χ1v) is 6.85. The van der Waals surface area contributed by atoms with Gasteiger partial charge in [-0.05, 0) is 31.2 Å². The summed E-state index contributed by atoms with van der Waals surface area (Å²) < 4.78 is 32.5. The number of esters is 1. The minimum atomic E-state index is -0.752. The zero-order valence-electron chi connectivity index (χ0n) is 11.0. The number of halogens is 3. The zero-order chi connectivity index (χ0) is 15.4. The van der Waals surface area contributed by atoms with Crippen molar-refractivity contribution < 1.29 is 18.3 Å². The molecular formula is C14H11BrF2N2O2. The van der Waals surface area contributed by atoms with Crippen LogP contribution in [0.3, 0.4) is 0 Å². The Kier molecular flexibility index (Phi) is 4.85. The number of hydrogen-bond acceptors (Lipinski definition) is 4. The second-order valence-electron chi connectivity index (χ2n) is 4.02. The second-order valence-corrected chi connectivity index (χ2v) is 4.94. The highest BCUT2D eigenvalue weighted by Gasteiger charge is 2.12. The van der Waals surface area contributed by atoms with Gasteiger partial charge in [-0.15, -0.1) is 0 Å². The Hall–Kier alpha value is -2.02. The normalized spacial score (nSPS) is 10.3. The van der Waals surface area contributed by atoms with Crippen molar-refractivity contribution in [2.24, 2.45) is 0 Å². The van der Waals surface area contributed by atoms with Crippen LogP contribution in [0.5, 0.6) is 0 Å². The molecule has 0 saturated carbocycles. The van der Waals surface area contributed by atoms with Gasteiger partial charge < -0.3 is 10.1 Å². The first-order chi connectivity index (χ1) is 10.0. The Balaban J connectivity index is 2.19. The highest BCUT2D eigenvalue weighted by molar-refractivity contribution is 9.10. The molecule has 2 aromatic rings. The van der Waals surface area contributed by atoms with Crippen molar-refractivity contribution in [3.63, 3.8) is 0 Å². The highest BCUT2D eigenvalue weighted by Crippen LogP contribution is 2.26. The molecule has 1 aromatic carbocycles. The number of anilines is 2. The van der Waals surface area contributed by atoms with Gasteiger partial charge in [-0.2, -0.15) is 0 Å². The van der Waals surface area contributed by atoms with E-state index in [0.29, 0.717) is 4.47 Å². The van der Waals surface area contributed by atoms with Gasteiger partial charge in [0.2, 0.25) is 0 Å². The number of hydrogen-bond donors (Lipinski definition) is 1. The maximum absolute atomic E-state index is 13.7. The van der Waals surface area contributed by atoms with Crippen molar-refractivity contribution in [2.75, 3.05) is 11.9 Å². The summed E-state index contributed by atoms with van der Waals surface area (Å²) in [4.78, 5) is 15.4. The molecule has 110 valence electrons. The number of ether oxygens (including phenoxy) is 1. The second kappa shape index (κ2) is 6.62. The average molecular weight is 357 g/mol. The SMILES string of the molecule is CCOC(=O)c1ccc(Nc2c(F)cc(Br)cc2F)nc1. The molecule has 4 nitrogen and oxygen atoms in total. The molecule has 0 saturated heterocycles. The van der Waals surface area contributed by atoms with Gasteiger partial charge in [0.05, 0.1) is 12.2 Å². The van der Waals surface area contributed by atoms with Gasteiger partial charge in [-0.3, -0.25) is 0 Å². The van der Waals surface area contributed by atoms with Crippen LogP contribution in [0, 0.1) is 11.6 Å². The van der Waals surface area contributed by atoms with Gasteiger partial charge in [0, 0.05) is 10.7 Å². The van der Waals surface area contributed by atoms with E-state index in [1.54, 1.807) is 6.92 Å². The Labute approximate surface area is 128 Å². The van der Waals surface area contributed by atoms with E-state index in [9.17, 15) is 13.6 Å². The smallest absolute Gasteiger partial charge is 0.339 e. The van der Waals surface area contributed by atoms with Crippen molar-refractivity contribution in [3.05, 3.63) is 52.1 Å². The van der Waals surface area contributed by atoms with E-state index < -0.39 is 17.6 Å². The maximum Gasteiger partial charge on any atom is 0.339 e. The fourth-order valence-corrected chi connectivity index (χ4v) is 1.99. The molecule has 0 bridgehead atoms. The Morgan fingerprint density at radius 2 is 2.00 bits per heavy atom. The van der Waals surface area contributed by atoms with Crippen LogP contribution in [0.2, 0.25) is 0 Å². The monoisotopic (exact) mass is 356 g/mol. The lowest BCUT2D eigenvalue weighted by Gasteiger charge is -2.09. The first-order valence-electron chi connectivity index (χ1n) is 6.06. The number of pyridine rings is 1. The molecule has 0 aliphatic heterocycles. The van der Waals surface area contributed by atoms with E-state index in [4.69, 9.17) is 4.74 Å². The van der Waals surface area contributed by atoms with Gasteiger partial charge in [0.25, 0.3) is 0 Å². The Morgan fingerprint density at radius 1 is 1.33 bits per heavy atom. The summed E-state index contributed by atoms with van der Waals surface area (Å²) >= 11 is 3.00. The molecule has 0 aliphatic rings. The minimum absolute atomic E-state index is 0.211. The number of nitrogens with zero attached hydrogens (tertiary/aromatic N) is 1. The maximum atomic E-state index is 13.7. The summed E-state index contributed by atoms with van der Waals surface area (Å²) in [6.45, 7) is 1.95. The molecule has 1 heterocycles. The Morgan fingerprint density at radius 3 is 2.52 bits per heavy atom. The van der Waals surface area contributed by atoms with Gasteiger partial charge in [-0.25, -0.2) is 18.6 Å². The van der Waals surface area contributed by atoms with E-state index in [-0.39, 0.29) is 23.7 Å². The van der Waals surface area contributed by atoms with Crippen LogP contribution < -0.4 is 5.32 Å². The van der Waals surface area contributed by atoms with Crippen molar-refractivity contribution in [2.45, 2.75) is 6.92 Å². The molecule has 21 heavy (non-hydrogen) atoms. The van der Waals surface area contributed by atoms with Crippen LogP contribution in [0.4, 0.5) is 20.3 Å². The predicted molar refractivity (Wildman–Crippen MR) is 77.5 cm³/mol. The number of benzene rings is 1. The minimum Gasteiger partial charge on any atom is -0.462 e. The van der Waals surface area contributed by atoms with Crippen LogP contribution in [0.1, 0.15) is 17.3 Å². The lowest BCUT2D eigenvalue weighted by atomic mass is 10.2. The van der Waals surface area contributed by atoms with Crippen molar-refractivity contribution in [1.29, 1.82) is 0 Å². The quantitative estimate of drug-likeness (QED) is 0.839. The largest absolute Gasteiger partial charge is 0.462 e. The molecule has 0 unspecified atom stereocenters. The Bertz CT molecular complexity index is 640. The number of carbonyl (C=O) groups excluding carboxylic acids is 1. The predicted octanol–water partition coefficient (Wildman–Crippen LogP) is 4.04. The van der Waals surface area contributed by atoms with Gasteiger partial charge in [0.15, 0.2) is 11.6 Å². The van der Waals surface area contributed by atoms with E-state index in [1.165, 1.54) is 18.3 Å². The number of nitrogens with one attached hydrogen (secondary N) is 1. The highest BCUT2D eigenvalue weighted by atomic mass is 79.9. The van der Waals surface area contributed by atoms with Crippen molar-refractivity contribution in [3.8, 4) is 0 Å². The van der Waals surface area contributed by atoms with Gasteiger partial charge >= 0.3 is 5.97 Å². The average Bonchev–Trinajstić information content (AvgIpc) is 2.43. The molecule has 0 atom stereocenters. The molecule has 2 rings (SSSR count). The molecule has 1 aromatic heterocycles. The number of carbonyl (C=O) groups is 1. The standard InChI is InChI=1S/C14H11BrF2N2O2/c1-2-21-14(20)8-3-4-12(18-7-8)19-13-10(16)5-9(15)6-11(13)17/h3-7H,2H2,1H3,(H,18,19). The van der Waals surface area contributed by atoms with Gasteiger partial charge in [-0.1, -0.05) is 15.9 Å². The van der Waals surface area contributed by atoms with Crippen molar-refractivity contribution >= 4 is 33.4 Å². The fourth-order valence-electron chi connectivity index (χ4n) is 1.59. The van der Waals surface area contributed by atoms with E-state index in [0.717, 1.165) is 12.1 Å². The fraction of sp³-hybridized carbons (Fsp3) is 0.143. The van der Waals surface area contributed by atoms with Crippen LogP contribution >= 0.6 is 15.9 Å². The van der Waals surface area contributed by atoms with E-state index in [2.05, 4.69) is 26.2 Å². The summed E-state index contributed by atoms with van der Waals surface area (Å²) in [5, 5.41) is 2.53. The van der Waals surface area contributed by atoms with Gasteiger partial charge in [0.1, 0.15) is 11.5 Å². The topological polar surface area (TPSA) is 51.2 Å². The molecule has 7 heteroatoms. The first kappa shape index (κ1) is 15.4. The summed E-state index contributed by atoms with van der Waals surface area (Å²) in [7, 11) is 0. The number of rotatable bonds is 4. The molecule has 0 aliphatic carbocycles. The lowest BCUT2D eigenvalue weighted by molar-refractivity contribution is 0.0526. The molecule has 1 N–H and O–H groups in total. The third-order valence-electron chi connectivity index (χ3n) is 2.53. The van der Waals surface area contributed by atoms with Crippen LogP contribution in [0.25, 0.3) is 0 Å². The van der Waals surface area contributed by atoms with Crippen molar-refractivity contribution in [1.82, 2.24) is 4.98 Å². The summed E-state index contributed by atoms with van der Waals surface area (Å²) in [5.74, 6) is -1.79. The summed E-state index contributed by atoms with van der Waals surface area (Å²) in [6.07, 6.45) is 1.27. The third-order valence-corrected chi connectivity index (χ3v) is 2.99. The van der Waals surface area contributed by atoms with Crippen LogP contribution in [0.15, 0.2) is 34.9 Å². The zero-order valence-corrected chi connectivity index (χ0v) is 12.6. The molecular weight excluding hydrogens is 346 g/mol. The molecule has 0 fully saturated rings. The van der Waals surface area contributed by atoms with E-state index in [1.807, 2.05) is 0 Å². The number of aromatic nitrogens is 1. The molecule has 0 spiro atoms. The molecule has 0 radical (unpaired) electrons. The third kappa shape index (κ3) is 3.75. The van der Waals surface area contributed by atoms with Crippen LogP contribution in [-0.2, 0) is 4.74 Å². The summed E-state index contributed by atoms with van der Waals surface area (Å²) in [5.41, 5.74) is -0.0475. The van der Waals surface area contributed by atoms with Crippen LogP contribution in [-0.4, -0.2) is 17.6 Å². The van der Waals surface area contributed by atoms with E-state index >= 15 is 0 Å². The summed E-state index contributed by atoms with van der Waals surface area (Å²) in [6, 6.07) is 5.17.